The van der Waals surface area contributed by atoms with Crippen molar-refractivity contribution >= 4 is 17.3 Å². The van der Waals surface area contributed by atoms with Gasteiger partial charge in [0, 0.05) is 18.9 Å². The average Bonchev–Trinajstić information content (AvgIpc) is 3.25. The number of hydrogen-bond acceptors (Lipinski definition) is 5. The zero-order chi connectivity index (χ0) is 23.9. The molecule has 7 nitrogen and oxygen atoms in total. The van der Waals surface area contributed by atoms with Crippen molar-refractivity contribution in [1.29, 1.82) is 0 Å². The van der Waals surface area contributed by atoms with E-state index in [9.17, 15) is 18.0 Å². The van der Waals surface area contributed by atoms with Gasteiger partial charge in [-0.3, -0.25) is 9.78 Å². The van der Waals surface area contributed by atoms with E-state index in [1.54, 1.807) is 23.9 Å². The third-order valence-electron chi connectivity index (χ3n) is 6.11. The predicted octanol–water partition coefficient (Wildman–Crippen LogP) is 4.17. The van der Waals surface area contributed by atoms with Crippen molar-refractivity contribution in [2.75, 3.05) is 17.3 Å². The Morgan fingerprint density at radius 1 is 1.18 bits per heavy atom. The second-order valence-corrected chi connectivity index (χ2v) is 8.36. The molecule has 174 valence electrons. The molecule has 0 bridgehead atoms. The van der Waals surface area contributed by atoms with Gasteiger partial charge in [0.25, 0.3) is 0 Å². The number of fused-ring (bicyclic) bond motifs is 1. The third kappa shape index (κ3) is 4.55. The standard InChI is InChI=1S/C23H25F3N6O/c1-13-21-20(31(4)15(3)22(33)28-21)11-18(27-13)8-9-19-12-32(30-29-19)14(2)16-6-5-7-17(10-16)23(24,25)26/h5-7,10-12,14-15H,8-9H2,1-4H3,(H,28,33)/t14?,15-/m0/s1. The number of likely N-dealkylation sites (N-methyl/N-ethyl adjacent to an activating group) is 1. The number of nitrogens with one attached hydrogen (secondary N) is 1. The zero-order valence-electron chi connectivity index (χ0n) is 18.8. The van der Waals surface area contributed by atoms with Crippen molar-refractivity contribution in [1.82, 2.24) is 20.0 Å². The number of aryl methyl sites for hydroxylation is 3. The molecule has 1 aliphatic heterocycles. The third-order valence-corrected chi connectivity index (χ3v) is 6.11. The fourth-order valence-corrected chi connectivity index (χ4v) is 3.89. The molecular formula is C23H25F3N6O. The van der Waals surface area contributed by atoms with Crippen LogP contribution in [0.25, 0.3) is 0 Å². The Kier molecular flexibility index (Phi) is 5.85. The van der Waals surface area contributed by atoms with Crippen LogP contribution in [0.3, 0.4) is 0 Å². The van der Waals surface area contributed by atoms with Gasteiger partial charge in [0.1, 0.15) is 6.04 Å². The monoisotopic (exact) mass is 458 g/mol. The van der Waals surface area contributed by atoms with Gasteiger partial charge in [0.15, 0.2) is 0 Å². The SMILES string of the molecule is Cc1nc(CCc2cn(C(C)c3cccc(C(F)(F)F)c3)nn2)cc2c1NC(=O)[C@H](C)N2C. The summed E-state index contributed by atoms with van der Waals surface area (Å²) in [6.45, 7) is 5.49. The fourth-order valence-electron chi connectivity index (χ4n) is 3.89. The van der Waals surface area contributed by atoms with Gasteiger partial charge in [-0.2, -0.15) is 13.2 Å². The number of aromatic nitrogens is 4. The molecule has 0 saturated heterocycles. The maximum absolute atomic E-state index is 13.0. The highest BCUT2D eigenvalue weighted by Gasteiger charge is 2.31. The van der Waals surface area contributed by atoms with Crippen molar-refractivity contribution in [3.8, 4) is 0 Å². The molecule has 0 spiro atoms. The molecule has 1 aromatic carbocycles. The van der Waals surface area contributed by atoms with Crippen molar-refractivity contribution in [2.24, 2.45) is 0 Å². The predicted molar refractivity (Wildman–Crippen MR) is 118 cm³/mol. The van der Waals surface area contributed by atoms with E-state index in [0.717, 1.165) is 40.6 Å². The molecule has 2 aromatic heterocycles. The molecule has 0 radical (unpaired) electrons. The van der Waals surface area contributed by atoms with Gasteiger partial charge in [-0.1, -0.05) is 17.3 Å². The number of hydrogen-bond donors (Lipinski definition) is 1. The lowest BCUT2D eigenvalue weighted by Crippen LogP contribution is -2.44. The van der Waals surface area contributed by atoms with E-state index in [1.165, 1.54) is 6.07 Å². The lowest BCUT2D eigenvalue weighted by Gasteiger charge is -2.34. The summed E-state index contributed by atoms with van der Waals surface area (Å²) >= 11 is 0. The van der Waals surface area contributed by atoms with E-state index in [-0.39, 0.29) is 11.9 Å². The molecule has 3 heterocycles. The first-order chi connectivity index (χ1) is 15.5. The molecule has 1 unspecified atom stereocenters. The Morgan fingerprint density at radius 3 is 2.64 bits per heavy atom. The maximum Gasteiger partial charge on any atom is 0.416 e. The van der Waals surface area contributed by atoms with Crippen LogP contribution in [0.2, 0.25) is 0 Å². The Balaban J connectivity index is 1.48. The van der Waals surface area contributed by atoms with Crippen molar-refractivity contribution in [3.63, 3.8) is 0 Å². The molecule has 0 saturated carbocycles. The summed E-state index contributed by atoms with van der Waals surface area (Å²) in [5.41, 5.74) is 3.81. The van der Waals surface area contributed by atoms with Crippen LogP contribution in [0.1, 0.15) is 48.1 Å². The lowest BCUT2D eigenvalue weighted by molar-refractivity contribution is -0.137. The van der Waals surface area contributed by atoms with Gasteiger partial charge in [-0.25, -0.2) is 4.68 Å². The Hall–Kier alpha value is -3.43. The summed E-state index contributed by atoms with van der Waals surface area (Å²) in [6, 6.07) is 6.55. The van der Waals surface area contributed by atoms with Crippen LogP contribution < -0.4 is 10.2 Å². The lowest BCUT2D eigenvalue weighted by atomic mass is 10.0. The Morgan fingerprint density at radius 2 is 1.91 bits per heavy atom. The Bertz CT molecular complexity index is 1190. The number of halogens is 3. The number of nitrogens with zero attached hydrogens (tertiary/aromatic N) is 5. The molecule has 0 fully saturated rings. The first kappa shape index (κ1) is 22.8. The molecule has 33 heavy (non-hydrogen) atoms. The van der Waals surface area contributed by atoms with Crippen LogP contribution in [-0.2, 0) is 23.8 Å². The van der Waals surface area contributed by atoms with E-state index in [0.29, 0.717) is 18.4 Å². The summed E-state index contributed by atoms with van der Waals surface area (Å²) in [7, 11) is 1.88. The number of alkyl halides is 3. The normalized spacial score (nSPS) is 17.0. The average molecular weight is 458 g/mol. The fraction of sp³-hybridized carbons (Fsp3) is 0.391. The smallest absolute Gasteiger partial charge is 0.361 e. The first-order valence-corrected chi connectivity index (χ1v) is 10.7. The van der Waals surface area contributed by atoms with Crippen LogP contribution in [0.5, 0.6) is 0 Å². The second kappa shape index (κ2) is 8.49. The minimum absolute atomic E-state index is 0.0610. The van der Waals surface area contributed by atoms with Crippen molar-refractivity contribution in [3.05, 3.63) is 64.7 Å². The summed E-state index contributed by atoms with van der Waals surface area (Å²) in [5.74, 6) is -0.0610. The molecule has 0 aliphatic carbocycles. The highest BCUT2D eigenvalue weighted by Crippen LogP contribution is 2.34. The van der Waals surface area contributed by atoms with Gasteiger partial charge in [-0.15, -0.1) is 5.10 Å². The van der Waals surface area contributed by atoms with Gasteiger partial charge < -0.3 is 10.2 Å². The van der Waals surface area contributed by atoms with Crippen molar-refractivity contribution in [2.45, 2.75) is 51.9 Å². The molecule has 1 amide bonds. The van der Waals surface area contributed by atoms with Crippen LogP contribution in [0.15, 0.2) is 36.5 Å². The maximum atomic E-state index is 13.0. The molecular weight excluding hydrogens is 433 g/mol. The highest BCUT2D eigenvalue weighted by atomic mass is 19.4. The number of rotatable bonds is 5. The summed E-state index contributed by atoms with van der Waals surface area (Å²) < 4.78 is 40.7. The van der Waals surface area contributed by atoms with Gasteiger partial charge in [-0.05, 0) is 57.4 Å². The van der Waals surface area contributed by atoms with E-state index in [4.69, 9.17) is 0 Å². The van der Waals surface area contributed by atoms with Crippen molar-refractivity contribution < 1.29 is 18.0 Å². The number of carbonyl (C=O) groups excluding carboxylic acids is 1. The summed E-state index contributed by atoms with van der Waals surface area (Å²) in [6.07, 6.45) is -1.45. The Labute approximate surface area is 189 Å². The zero-order valence-corrected chi connectivity index (χ0v) is 18.8. The number of carbonyl (C=O) groups is 1. The molecule has 1 aliphatic rings. The minimum atomic E-state index is -4.39. The highest BCUT2D eigenvalue weighted by molar-refractivity contribution is 6.03. The van der Waals surface area contributed by atoms with Gasteiger partial charge in [0.05, 0.1) is 34.4 Å². The topological polar surface area (TPSA) is 75.9 Å². The number of pyridine rings is 1. The van der Waals surface area contributed by atoms with Crippen LogP contribution >= 0.6 is 0 Å². The largest absolute Gasteiger partial charge is 0.416 e. The van der Waals surface area contributed by atoms with Crippen LogP contribution in [-0.4, -0.2) is 39.0 Å². The number of benzene rings is 1. The second-order valence-electron chi connectivity index (χ2n) is 8.36. The van der Waals surface area contributed by atoms with Crippen LogP contribution in [0, 0.1) is 6.92 Å². The summed E-state index contributed by atoms with van der Waals surface area (Å²) in [4.78, 5) is 18.6. The number of anilines is 2. The van der Waals surface area contributed by atoms with Crippen LogP contribution in [0.4, 0.5) is 24.5 Å². The van der Waals surface area contributed by atoms with Gasteiger partial charge >= 0.3 is 6.18 Å². The molecule has 4 rings (SSSR count). The molecule has 3 aromatic rings. The van der Waals surface area contributed by atoms with E-state index in [1.807, 2.05) is 31.9 Å². The number of amides is 1. The summed E-state index contributed by atoms with van der Waals surface area (Å²) in [5, 5.41) is 11.2. The quantitative estimate of drug-likeness (QED) is 0.621. The van der Waals surface area contributed by atoms with E-state index in [2.05, 4.69) is 20.6 Å². The molecule has 1 N–H and O–H groups in total. The molecule has 10 heteroatoms. The molecule has 2 atom stereocenters. The minimum Gasteiger partial charge on any atom is -0.361 e. The van der Waals surface area contributed by atoms with E-state index < -0.39 is 17.8 Å². The van der Waals surface area contributed by atoms with E-state index >= 15 is 0 Å². The van der Waals surface area contributed by atoms with Gasteiger partial charge in [0.2, 0.25) is 5.91 Å². The first-order valence-electron chi connectivity index (χ1n) is 10.7.